The molecule has 0 radical (unpaired) electrons. The van der Waals surface area contributed by atoms with Gasteiger partial charge < -0.3 is 18.9 Å². The summed E-state index contributed by atoms with van der Waals surface area (Å²) >= 11 is 0. The number of rotatable bonds is 35. The number of ether oxygens (including phenoxy) is 2. The molecule has 9 heteroatoms. The van der Waals surface area contributed by atoms with Gasteiger partial charge in [0.05, 0.1) is 34.4 Å². The van der Waals surface area contributed by atoms with Crippen molar-refractivity contribution in [3.05, 3.63) is 48.6 Å². The summed E-state index contributed by atoms with van der Waals surface area (Å²) in [5, 5.41) is 0. The summed E-state index contributed by atoms with van der Waals surface area (Å²) in [6.45, 7) is 5.40. The lowest BCUT2D eigenvalue weighted by molar-refractivity contribution is -0.870. The van der Waals surface area contributed by atoms with E-state index in [9.17, 15) is 14.3 Å². The van der Waals surface area contributed by atoms with Crippen LogP contribution in [-0.4, -0.2) is 75.6 Å². The maximum absolute atomic E-state index is 12.6. The first-order valence-electron chi connectivity index (χ1n) is 19.4. The van der Waals surface area contributed by atoms with E-state index >= 15 is 0 Å². The maximum Gasteiger partial charge on any atom is 0.472 e. The van der Waals surface area contributed by atoms with Crippen molar-refractivity contribution in [1.29, 1.82) is 0 Å². The van der Waals surface area contributed by atoms with Crippen LogP contribution in [0.1, 0.15) is 142 Å². The number of carbonyl (C=O) groups excluding carboxylic acids is 1. The predicted octanol–water partition coefficient (Wildman–Crippen LogP) is 10.8. The first kappa shape index (κ1) is 47.5. The van der Waals surface area contributed by atoms with Gasteiger partial charge in [-0.3, -0.25) is 13.8 Å². The average molecular weight is 713 g/mol. The Bertz CT molecular complexity index is 926. The summed E-state index contributed by atoms with van der Waals surface area (Å²) in [6, 6.07) is 0. The number of hydrogen-bond donors (Lipinski definition) is 1. The van der Waals surface area contributed by atoms with Crippen LogP contribution < -0.4 is 0 Å². The van der Waals surface area contributed by atoms with Crippen molar-refractivity contribution < 1.29 is 37.3 Å². The highest BCUT2D eigenvalue weighted by Crippen LogP contribution is 2.43. The minimum absolute atomic E-state index is 0.0814. The molecule has 286 valence electrons. The third-order valence-electron chi connectivity index (χ3n) is 7.90. The van der Waals surface area contributed by atoms with E-state index in [1.807, 2.05) is 21.1 Å². The Morgan fingerprint density at radius 3 is 1.76 bits per heavy atom. The van der Waals surface area contributed by atoms with Crippen molar-refractivity contribution in [3.8, 4) is 0 Å². The van der Waals surface area contributed by atoms with Gasteiger partial charge in [0.1, 0.15) is 19.3 Å². The summed E-state index contributed by atoms with van der Waals surface area (Å²) in [5.74, 6) is -0.329. The predicted molar refractivity (Wildman–Crippen MR) is 206 cm³/mol. The van der Waals surface area contributed by atoms with Gasteiger partial charge >= 0.3 is 13.8 Å². The van der Waals surface area contributed by atoms with E-state index in [4.69, 9.17) is 18.5 Å². The summed E-state index contributed by atoms with van der Waals surface area (Å²) < 4.78 is 34.8. The Balaban J connectivity index is 4.36. The molecule has 0 fully saturated rings. The fourth-order valence-electron chi connectivity index (χ4n) is 4.89. The van der Waals surface area contributed by atoms with E-state index in [-0.39, 0.29) is 25.8 Å². The van der Waals surface area contributed by atoms with Crippen LogP contribution >= 0.6 is 7.82 Å². The van der Waals surface area contributed by atoms with Crippen LogP contribution in [0.4, 0.5) is 0 Å². The number of nitrogens with zero attached hydrogens (tertiary/aromatic N) is 1. The molecular weight excluding hydrogens is 637 g/mol. The summed E-state index contributed by atoms with van der Waals surface area (Å²) in [6.07, 6.45) is 38.5. The smallest absolute Gasteiger partial charge is 0.457 e. The van der Waals surface area contributed by atoms with Gasteiger partial charge in [-0.15, -0.1) is 0 Å². The highest BCUT2D eigenvalue weighted by Gasteiger charge is 2.26. The first-order valence-corrected chi connectivity index (χ1v) is 20.9. The van der Waals surface area contributed by atoms with Crippen LogP contribution in [0.5, 0.6) is 0 Å². The monoisotopic (exact) mass is 713 g/mol. The van der Waals surface area contributed by atoms with E-state index in [2.05, 4.69) is 62.5 Å². The molecular formula is C40H75NO7P+. The Morgan fingerprint density at radius 2 is 1.18 bits per heavy atom. The van der Waals surface area contributed by atoms with Gasteiger partial charge in [0.25, 0.3) is 0 Å². The summed E-state index contributed by atoms with van der Waals surface area (Å²) in [4.78, 5) is 22.7. The van der Waals surface area contributed by atoms with Crippen molar-refractivity contribution in [2.24, 2.45) is 0 Å². The summed E-state index contributed by atoms with van der Waals surface area (Å²) in [7, 11) is 1.64. The molecule has 0 aromatic rings. The molecule has 2 atom stereocenters. The molecule has 0 aliphatic carbocycles. The van der Waals surface area contributed by atoms with Gasteiger partial charge in [0.15, 0.2) is 0 Å². The first-order chi connectivity index (χ1) is 23.6. The maximum atomic E-state index is 12.6. The Hall–Kier alpha value is -1.54. The number of allylic oxidation sites excluding steroid dienone is 8. The lowest BCUT2D eigenvalue weighted by Gasteiger charge is -2.24. The number of likely N-dealkylation sites (N-methyl/N-ethyl adjacent to an activating group) is 1. The molecule has 0 aliphatic rings. The Kier molecular flexibility index (Phi) is 32.5. The molecule has 0 heterocycles. The van der Waals surface area contributed by atoms with Crippen LogP contribution in [0.25, 0.3) is 0 Å². The molecule has 2 unspecified atom stereocenters. The van der Waals surface area contributed by atoms with Crippen molar-refractivity contribution >= 4 is 13.8 Å². The minimum atomic E-state index is -4.27. The molecule has 0 bridgehead atoms. The zero-order valence-electron chi connectivity index (χ0n) is 32.2. The van der Waals surface area contributed by atoms with E-state index in [1.165, 1.54) is 51.4 Å². The number of phosphoric ester groups is 1. The topological polar surface area (TPSA) is 91.3 Å². The molecule has 0 spiro atoms. The molecule has 1 N–H and O–H groups in total. The summed E-state index contributed by atoms with van der Waals surface area (Å²) in [5.41, 5.74) is 0. The van der Waals surface area contributed by atoms with E-state index in [0.29, 0.717) is 24.1 Å². The quantitative estimate of drug-likeness (QED) is 0.0230. The molecule has 8 nitrogen and oxygen atoms in total. The number of carbonyl (C=O) groups is 1. The van der Waals surface area contributed by atoms with Crippen LogP contribution in [0.3, 0.4) is 0 Å². The van der Waals surface area contributed by atoms with Crippen LogP contribution in [0.15, 0.2) is 48.6 Å². The zero-order chi connectivity index (χ0) is 36.3. The van der Waals surface area contributed by atoms with E-state index in [1.54, 1.807) is 0 Å². The normalized spacial score (nSPS) is 14.5. The van der Waals surface area contributed by atoms with Gasteiger partial charge in [-0.2, -0.15) is 0 Å². The standard InChI is InChI=1S/C40H74NO7P/c1-6-8-10-12-14-16-18-19-20-21-22-24-26-28-30-32-35-45-37-39(38-47-49(43,44)46-36-34-41(3,4)5)48-40(42)33-31-29-27-25-23-17-15-13-11-9-7-2/h8,10,14,16,19-20,22,24,39H,6-7,9,11-13,15,17-18,21,23,25-38H2,1-5H3/p+1/b10-8-,16-14-,20-19-,24-22-. The van der Waals surface area contributed by atoms with Crippen LogP contribution in [0.2, 0.25) is 0 Å². The van der Waals surface area contributed by atoms with Gasteiger partial charge in [-0.25, -0.2) is 4.57 Å². The van der Waals surface area contributed by atoms with Crippen molar-refractivity contribution in [3.63, 3.8) is 0 Å². The molecule has 0 aliphatic heterocycles. The fourth-order valence-corrected chi connectivity index (χ4v) is 5.64. The van der Waals surface area contributed by atoms with Crippen molar-refractivity contribution in [2.75, 3.05) is 54.1 Å². The Labute approximate surface area is 301 Å². The largest absolute Gasteiger partial charge is 0.472 e. The van der Waals surface area contributed by atoms with Crippen LogP contribution in [0, 0.1) is 0 Å². The molecule has 0 aromatic heterocycles. The lowest BCUT2D eigenvalue weighted by Crippen LogP contribution is -2.37. The van der Waals surface area contributed by atoms with Gasteiger partial charge in [-0.1, -0.05) is 133 Å². The number of unbranched alkanes of at least 4 members (excludes halogenated alkanes) is 13. The highest BCUT2D eigenvalue weighted by atomic mass is 31.2. The SMILES string of the molecule is CC/C=C\C/C=C\C/C=C\C/C=C\CCCCCOCC(COP(=O)(O)OCC[N+](C)(C)C)OC(=O)CCCCCCCCCCCCC. The van der Waals surface area contributed by atoms with Gasteiger partial charge in [0.2, 0.25) is 0 Å². The molecule has 0 amide bonds. The fraction of sp³-hybridized carbons (Fsp3) is 0.775. The molecule has 0 saturated carbocycles. The van der Waals surface area contributed by atoms with E-state index in [0.717, 1.165) is 70.6 Å². The zero-order valence-corrected chi connectivity index (χ0v) is 33.1. The second kappa shape index (κ2) is 33.6. The second-order valence-corrected chi connectivity index (χ2v) is 15.4. The molecule has 0 rings (SSSR count). The molecule has 0 saturated heterocycles. The molecule has 49 heavy (non-hydrogen) atoms. The van der Waals surface area contributed by atoms with Gasteiger partial charge in [0, 0.05) is 13.0 Å². The lowest BCUT2D eigenvalue weighted by atomic mass is 10.1. The molecule has 0 aromatic carbocycles. The third kappa shape index (κ3) is 37.5. The Morgan fingerprint density at radius 1 is 0.653 bits per heavy atom. The second-order valence-electron chi connectivity index (χ2n) is 13.9. The number of phosphoric acid groups is 1. The number of hydrogen-bond acceptors (Lipinski definition) is 6. The van der Waals surface area contributed by atoms with Crippen molar-refractivity contribution in [2.45, 2.75) is 148 Å². The minimum Gasteiger partial charge on any atom is -0.457 e. The van der Waals surface area contributed by atoms with Crippen molar-refractivity contribution in [1.82, 2.24) is 0 Å². The highest BCUT2D eigenvalue weighted by molar-refractivity contribution is 7.47. The third-order valence-corrected chi connectivity index (χ3v) is 8.89. The average Bonchev–Trinajstić information content (AvgIpc) is 3.04. The number of quaternary nitrogens is 1. The van der Waals surface area contributed by atoms with E-state index < -0.39 is 13.9 Å². The van der Waals surface area contributed by atoms with Gasteiger partial charge in [-0.05, 0) is 51.4 Å². The number of esters is 1. The van der Waals surface area contributed by atoms with Crippen LogP contribution in [-0.2, 0) is 27.9 Å².